The summed E-state index contributed by atoms with van der Waals surface area (Å²) < 4.78 is 1.74. The number of rotatable bonds is 2. The molecule has 3 heterocycles. The van der Waals surface area contributed by atoms with Gasteiger partial charge in [-0.3, -0.25) is 9.48 Å². The molecule has 0 aliphatic carbocycles. The number of fused-ring (bicyclic) bond motifs is 1. The molecular weight excluding hydrogens is 284 g/mol. The van der Waals surface area contributed by atoms with E-state index in [-0.39, 0.29) is 5.91 Å². The summed E-state index contributed by atoms with van der Waals surface area (Å²) in [5.74, 6) is -0.0890. The van der Waals surface area contributed by atoms with Crippen LogP contribution >= 0.6 is 11.3 Å². The Hall–Kier alpha value is -2.21. The van der Waals surface area contributed by atoms with E-state index in [9.17, 15) is 4.79 Å². The van der Waals surface area contributed by atoms with E-state index < -0.39 is 0 Å². The first-order valence-corrected chi connectivity index (χ1v) is 7.44. The summed E-state index contributed by atoms with van der Waals surface area (Å²) in [4.78, 5) is 18.4. The van der Waals surface area contributed by atoms with Crippen LogP contribution in [0.2, 0.25) is 0 Å². The Kier molecular flexibility index (Phi) is 3.25. The van der Waals surface area contributed by atoms with E-state index in [2.05, 4.69) is 22.3 Å². The Morgan fingerprint density at radius 3 is 2.76 bits per heavy atom. The molecule has 1 amide bonds. The van der Waals surface area contributed by atoms with Crippen LogP contribution in [0.5, 0.6) is 0 Å². The fourth-order valence-corrected chi connectivity index (χ4v) is 3.81. The van der Waals surface area contributed by atoms with Gasteiger partial charge in [-0.05, 0) is 25.5 Å². The summed E-state index contributed by atoms with van der Waals surface area (Å²) in [5, 5.41) is 7.97. The predicted octanol–water partition coefficient (Wildman–Crippen LogP) is 2.67. The van der Waals surface area contributed by atoms with Crippen LogP contribution in [0.1, 0.15) is 20.9 Å². The molecule has 0 radical (unpaired) electrons. The van der Waals surface area contributed by atoms with Crippen LogP contribution in [0.3, 0.4) is 0 Å². The van der Waals surface area contributed by atoms with Gasteiger partial charge in [-0.2, -0.15) is 5.10 Å². The Morgan fingerprint density at radius 1 is 1.38 bits per heavy atom. The first-order valence-electron chi connectivity index (χ1n) is 6.63. The fourth-order valence-electron chi connectivity index (χ4n) is 2.54. The third-order valence-electron chi connectivity index (χ3n) is 3.41. The molecule has 1 N–H and O–H groups in total. The van der Waals surface area contributed by atoms with Gasteiger partial charge in [-0.25, -0.2) is 4.98 Å². The number of nitrogens with one attached hydrogen (secondary N) is 1. The van der Waals surface area contributed by atoms with Gasteiger partial charge >= 0.3 is 0 Å². The van der Waals surface area contributed by atoms with Gasteiger partial charge in [0.1, 0.15) is 9.71 Å². The van der Waals surface area contributed by atoms with Crippen molar-refractivity contribution in [1.82, 2.24) is 20.1 Å². The number of nitrogens with zero attached hydrogens (tertiary/aromatic N) is 3. The molecule has 108 valence electrons. The van der Waals surface area contributed by atoms with Crippen molar-refractivity contribution >= 4 is 27.5 Å². The summed E-state index contributed by atoms with van der Waals surface area (Å²) in [5.41, 5.74) is 3.95. The summed E-state index contributed by atoms with van der Waals surface area (Å²) in [6.45, 7) is 4.02. The number of carbonyl (C=O) groups is 1. The average molecular weight is 300 g/mol. The van der Waals surface area contributed by atoms with Crippen LogP contribution in [0.15, 0.2) is 18.5 Å². The zero-order valence-corrected chi connectivity index (χ0v) is 13.2. The van der Waals surface area contributed by atoms with Gasteiger partial charge in [-0.15, -0.1) is 11.3 Å². The molecule has 0 spiro atoms. The highest BCUT2D eigenvalue weighted by molar-refractivity contribution is 7.21. The van der Waals surface area contributed by atoms with Gasteiger partial charge in [0.15, 0.2) is 0 Å². The number of hydrogen-bond acceptors (Lipinski definition) is 4. The largest absolute Gasteiger partial charge is 0.354 e. The second-order valence-electron chi connectivity index (χ2n) is 5.05. The summed E-state index contributed by atoms with van der Waals surface area (Å²) in [6.07, 6.45) is 3.71. The lowest BCUT2D eigenvalue weighted by Crippen LogP contribution is -2.17. The molecule has 3 aromatic heterocycles. The molecule has 0 unspecified atom stereocenters. The van der Waals surface area contributed by atoms with Gasteiger partial charge in [0.05, 0.1) is 6.20 Å². The van der Waals surface area contributed by atoms with E-state index in [1.54, 1.807) is 17.9 Å². The van der Waals surface area contributed by atoms with Crippen LogP contribution in [-0.2, 0) is 7.05 Å². The first kappa shape index (κ1) is 13.8. The first-order chi connectivity index (χ1) is 10.0. The summed E-state index contributed by atoms with van der Waals surface area (Å²) in [6, 6.07) is 2.04. The number of carbonyl (C=O) groups excluding carboxylic acids is 1. The minimum Gasteiger partial charge on any atom is -0.354 e. The molecule has 0 saturated heterocycles. The van der Waals surface area contributed by atoms with Crippen molar-refractivity contribution < 1.29 is 4.79 Å². The number of thiophene rings is 1. The third kappa shape index (κ3) is 2.21. The van der Waals surface area contributed by atoms with Crippen LogP contribution < -0.4 is 5.32 Å². The number of hydrogen-bond donors (Lipinski definition) is 1. The van der Waals surface area contributed by atoms with Crippen molar-refractivity contribution in [2.24, 2.45) is 7.05 Å². The van der Waals surface area contributed by atoms with Crippen molar-refractivity contribution in [3.05, 3.63) is 34.6 Å². The lowest BCUT2D eigenvalue weighted by Gasteiger charge is -2.03. The van der Waals surface area contributed by atoms with Crippen LogP contribution in [0.25, 0.3) is 21.3 Å². The monoisotopic (exact) mass is 300 g/mol. The molecule has 0 saturated carbocycles. The molecule has 5 nitrogen and oxygen atoms in total. The third-order valence-corrected chi connectivity index (χ3v) is 4.50. The molecule has 0 aliphatic rings. The number of aromatic nitrogens is 3. The minimum atomic E-state index is -0.0890. The SMILES string of the molecule is CNC(=O)c1sc2nc(C)cc(C)c2c1-c1cnn(C)c1. The van der Waals surface area contributed by atoms with Crippen molar-refractivity contribution in [2.75, 3.05) is 7.05 Å². The standard InChI is InChI=1S/C15H16N4OS/c1-8-5-9(2)18-15-11(8)12(10-6-17-19(4)7-10)13(21-15)14(20)16-3/h5-7H,1-4H3,(H,16,20). The van der Waals surface area contributed by atoms with Crippen molar-refractivity contribution in [3.8, 4) is 11.1 Å². The maximum atomic E-state index is 12.2. The second-order valence-corrected chi connectivity index (χ2v) is 6.05. The molecule has 0 aromatic carbocycles. The van der Waals surface area contributed by atoms with E-state index >= 15 is 0 Å². The average Bonchev–Trinajstić information content (AvgIpc) is 3.01. The van der Waals surface area contributed by atoms with Crippen molar-refractivity contribution in [2.45, 2.75) is 13.8 Å². The molecular formula is C15H16N4OS. The molecule has 21 heavy (non-hydrogen) atoms. The van der Waals surface area contributed by atoms with Gasteiger partial charge in [-0.1, -0.05) is 0 Å². The number of amides is 1. The lowest BCUT2D eigenvalue weighted by atomic mass is 10.0. The zero-order chi connectivity index (χ0) is 15.1. The topological polar surface area (TPSA) is 59.8 Å². The maximum absolute atomic E-state index is 12.2. The lowest BCUT2D eigenvalue weighted by molar-refractivity contribution is 0.0967. The highest BCUT2D eigenvalue weighted by atomic mass is 32.1. The van der Waals surface area contributed by atoms with E-state index in [0.717, 1.165) is 32.6 Å². The number of aryl methyl sites for hydroxylation is 3. The minimum absolute atomic E-state index is 0.0890. The van der Waals surface area contributed by atoms with E-state index in [1.165, 1.54) is 11.3 Å². The van der Waals surface area contributed by atoms with Crippen molar-refractivity contribution in [1.29, 1.82) is 0 Å². The summed E-state index contributed by atoms with van der Waals surface area (Å²) >= 11 is 1.43. The zero-order valence-electron chi connectivity index (χ0n) is 12.4. The van der Waals surface area contributed by atoms with E-state index in [0.29, 0.717) is 4.88 Å². The highest BCUT2D eigenvalue weighted by Gasteiger charge is 2.22. The quantitative estimate of drug-likeness (QED) is 0.791. The Bertz CT molecular complexity index is 847. The molecule has 0 fully saturated rings. The Morgan fingerprint density at radius 2 is 2.14 bits per heavy atom. The Labute approximate surface area is 126 Å². The van der Waals surface area contributed by atoms with E-state index in [4.69, 9.17) is 0 Å². The fraction of sp³-hybridized carbons (Fsp3) is 0.267. The van der Waals surface area contributed by atoms with E-state index in [1.807, 2.05) is 26.2 Å². The molecule has 3 aromatic rings. The maximum Gasteiger partial charge on any atom is 0.261 e. The molecule has 6 heteroatoms. The van der Waals surface area contributed by atoms with Gasteiger partial charge in [0.2, 0.25) is 0 Å². The van der Waals surface area contributed by atoms with Crippen LogP contribution in [0.4, 0.5) is 0 Å². The Balaban J connectivity index is 2.40. The second kappa shape index (κ2) is 4.96. The summed E-state index contributed by atoms with van der Waals surface area (Å²) in [7, 11) is 3.51. The highest BCUT2D eigenvalue weighted by Crippen LogP contribution is 2.39. The van der Waals surface area contributed by atoms with Gasteiger partial charge in [0.25, 0.3) is 5.91 Å². The van der Waals surface area contributed by atoms with Crippen LogP contribution in [0, 0.1) is 13.8 Å². The molecule has 0 atom stereocenters. The van der Waals surface area contributed by atoms with Gasteiger partial charge in [0, 0.05) is 42.5 Å². The molecule has 3 rings (SSSR count). The van der Waals surface area contributed by atoms with Crippen LogP contribution in [-0.4, -0.2) is 27.7 Å². The number of pyridine rings is 1. The normalized spacial score (nSPS) is 11.0. The molecule has 0 aliphatic heterocycles. The molecule has 0 bridgehead atoms. The predicted molar refractivity (Wildman–Crippen MR) is 84.7 cm³/mol. The van der Waals surface area contributed by atoms with Gasteiger partial charge < -0.3 is 5.32 Å². The van der Waals surface area contributed by atoms with Crippen molar-refractivity contribution in [3.63, 3.8) is 0 Å². The smallest absolute Gasteiger partial charge is 0.261 e.